The van der Waals surface area contributed by atoms with Crippen LogP contribution in [0.5, 0.6) is 0 Å². The maximum Gasteiger partial charge on any atom is 0.115 e. The SMILES string of the molecule is Cc1ncncc1CC1CNCCO1. The number of ether oxygens (including phenoxy) is 1. The minimum absolute atomic E-state index is 0.272. The third-order valence-electron chi connectivity index (χ3n) is 2.47. The van der Waals surface area contributed by atoms with Crippen LogP contribution in [0, 0.1) is 6.92 Å². The van der Waals surface area contributed by atoms with E-state index in [4.69, 9.17) is 4.74 Å². The van der Waals surface area contributed by atoms with Gasteiger partial charge in [0.1, 0.15) is 6.33 Å². The third-order valence-corrected chi connectivity index (χ3v) is 2.47. The van der Waals surface area contributed by atoms with Crippen molar-refractivity contribution in [3.05, 3.63) is 23.8 Å². The number of nitrogens with one attached hydrogen (secondary N) is 1. The van der Waals surface area contributed by atoms with Gasteiger partial charge in [0.15, 0.2) is 0 Å². The molecule has 0 radical (unpaired) electrons. The zero-order valence-corrected chi connectivity index (χ0v) is 8.36. The standard InChI is InChI=1S/C10H15N3O/c1-8-9(5-12-7-13-8)4-10-6-11-2-3-14-10/h5,7,10-11H,2-4,6H2,1H3. The molecule has 76 valence electrons. The molecule has 14 heavy (non-hydrogen) atoms. The number of aryl methyl sites for hydroxylation is 1. The molecular weight excluding hydrogens is 178 g/mol. The van der Waals surface area contributed by atoms with Crippen LogP contribution in [-0.2, 0) is 11.2 Å². The maximum absolute atomic E-state index is 5.62. The molecule has 0 aromatic carbocycles. The molecule has 0 amide bonds. The zero-order chi connectivity index (χ0) is 9.80. The van der Waals surface area contributed by atoms with Crippen molar-refractivity contribution in [1.82, 2.24) is 15.3 Å². The molecule has 1 aromatic rings. The molecule has 0 saturated carbocycles. The van der Waals surface area contributed by atoms with Crippen molar-refractivity contribution in [2.24, 2.45) is 0 Å². The smallest absolute Gasteiger partial charge is 0.115 e. The third kappa shape index (κ3) is 2.27. The molecule has 1 atom stereocenters. The van der Waals surface area contributed by atoms with Gasteiger partial charge in [-0.1, -0.05) is 0 Å². The van der Waals surface area contributed by atoms with Crippen molar-refractivity contribution < 1.29 is 4.74 Å². The molecule has 0 bridgehead atoms. The summed E-state index contributed by atoms with van der Waals surface area (Å²) in [5.74, 6) is 0. The molecule has 0 aliphatic carbocycles. The molecule has 1 aliphatic rings. The average Bonchev–Trinajstić information content (AvgIpc) is 2.23. The van der Waals surface area contributed by atoms with Crippen LogP contribution in [0.15, 0.2) is 12.5 Å². The topological polar surface area (TPSA) is 47.0 Å². The first-order valence-electron chi connectivity index (χ1n) is 4.94. The lowest BCUT2D eigenvalue weighted by Crippen LogP contribution is -2.39. The largest absolute Gasteiger partial charge is 0.375 e. The van der Waals surface area contributed by atoms with Gasteiger partial charge in [0, 0.05) is 31.4 Å². The van der Waals surface area contributed by atoms with Crippen LogP contribution in [0.1, 0.15) is 11.3 Å². The van der Waals surface area contributed by atoms with Crippen LogP contribution in [-0.4, -0.2) is 35.8 Å². The Bertz CT molecular complexity index is 297. The van der Waals surface area contributed by atoms with Crippen LogP contribution in [0.3, 0.4) is 0 Å². The number of hydrogen-bond donors (Lipinski definition) is 1. The number of nitrogens with zero attached hydrogens (tertiary/aromatic N) is 2. The highest BCUT2D eigenvalue weighted by atomic mass is 16.5. The zero-order valence-electron chi connectivity index (χ0n) is 8.36. The Morgan fingerprint density at radius 3 is 3.29 bits per heavy atom. The molecule has 1 N–H and O–H groups in total. The fourth-order valence-corrected chi connectivity index (χ4v) is 1.62. The predicted molar refractivity (Wildman–Crippen MR) is 53.1 cm³/mol. The Kier molecular flexibility index (Phi) is 3.06. The molecule has 1 aliphatic heterocycles. The first-order chi connectivity index (χ1) is 6.86. The van der Waals surface area contributed by atoms with Crippen molar-refractivity contribution in [3.8, 4) is 0 Å². The van der Waals surface area contributed by atoms with Crippen LogP contribution in [0.4, 0.5) is 0 Å². The monoisotopic (exact) mass is 193 g/mol. The van der Waals surface area contributed by atoms with Gasteiger partial charge < -0.3 is 10.1 Å². The Labute approximate surface area is 83.7 Å². The number of aromatic nitrogens is 2. The summed E-state index contributed by atoms with van der Waals surface area (Å²) in [7, 11) is 0. The first kappa shape index (κ1) is 9.55. The average molecular weight is 193 g/mol. The molecule has 4 heteroatoms. The summed E-state index contributed by atoms with van der Waals surface area (Å²) in [5, 5.41) is 3.31. The molecule has 0 spiro atoms. The van der Waals surface area contributed by atoms with E-state index < -0.39 is 0 Å². The van der Waals surface area contributed by atoms with Gasteiger partial charge in [-0.3, -0.25) is 0 Å². The minimum Gasteiger partial charge on any atom is -0.375 e. The molecule has 1 saturated heterocycles. The van der Waals surface area contributed by atoms with Gasteiger partial charge in [-0.15, -0.1) is 0 Å². The number of rotatable bonds is 2. The van der Waals surface area contributed by atoms with E-state index in [9.17, 15) is 0 Å². The van der Waals surface area contributed by atoms with Gasteiger partial charge in [0.2, 0.25) is 0 Å². The Balaban J connectivity index is 1.99. The van der Waals surface area contributed by atoms with E-state index in [2.05, 4.69) is 15.3 Å². The Morgan fingerprint density at radius 2 is 2.57 bits per heavy atom. The molecular formula is C10H15N3O. The summed E-state index contributed by atoms with van der Waals surface area (Å²) in [6.45, 7) is 4.69. The van der Waals surface area contributed by atoms with Gasteiger partial charge in [-0.05, 0) is 12.5 Å². The Hall–Kier alpha value is -1.00. The van der Waals surface area contributed by atoms with E-state index >= 15 is 0 Å². The molecule has 1 unspecified atom stereocenters. The molecule has 4 nitrogen and oxygen atoms in total. The first-order valence-corrected chi connectivity index (χ1v) is 4.94. The highest BCUT2D eigenvalue weighted by Crippen LogP contribution is 2.08. The lowest BCUT2D eigenvalue weighted by atomic mass is 10.1. The molecule has 1 fully saturated rings. The van der Waals surface area contributed by atoms with Crippen LogP contribution in [0.2, 0.25) is 0 Å². The van der Waals surface area contributed by atoms with Gasteiger partial charge in [-0.2, -0.15) is 0 Å². The van der Waals surface area contributed by atoms with Gasteiger partial charge in [0.25, 0.3) is 0 Å². The van der Waals surface area contributed by atoms with E-state index in [0.717, 1.165) is 31.8 Å². The second kappa shape index (κ2) is 4.48. The minimum atomic E-state index is 0.272. The summed E-state index contributed by atoms with van der Waals surface area (Å²) >= 11 is 0. The van der Waals surface area contributed by atoms with Crippen LogP contribution < -0.4 is 5.32 Å². The summed E-state index contributed by atoms with van der Waals surface area (Å²) in [6, 6.07) is 0. The lowest BCUT2D eigenvalue weighted by Gasteiger charge is -2.23. The lowest BCUT2D eigenvalue weighted by molar-refractivity contribution is 0.0290. The van der Waals surface area contributed by atoms with Crippen molar-refractivity contribution >= 4 is 0 Å². The molecule has 2 heterocycles. The van der Waals surface area contributed by atoms with E-state index in [-0.39, 0.29) is 6.10 Å². The fraction of sp³-hybridized carbons (Fsp3) is 0.600. The van der Waals surface area contributed by atoms with E-state index in [1.54, 1.807) is 6.33 Å². The van der Waals surface area contributed by atoms with Crippen molar-refractivity contribution in [3.63, 3.8) is 0 Å². The highest BCUT2D eigenvalue weighted by Gasteiger charge is 2.14. The molecule has 1 aromatic heterocycles. The second-order valence-corrected chi connectivity index (χ2v) is 3.53. The van der Waals surface area contributed by atoms with Crippen molar-refractivity contribution in [2.75, 3.05) is 19.7 Å². The number of morpholine rings is 1. The van der Waals surface area contributed by atoms with Crippen molar-refractivity contribution in [2.45, 2.75) is 19.4 Å². The summed E-state index contributed by atoms with van der Waals surface area (Å²) in [4.78, 5) is 8.18. The summed E-state index contributed by atoms with van der Waals surface area (Å²) in [5.41, 5.74) is 2.23. The van der Waals surface area contributed by atoms with E-state index in [0.29, 0.717) is 0 Å². The van der Waals surface area contributed by atoms with Gasteiger partial charge in [0.05, 0.1) is 12.7 Å². The van der Waals surface area contributed by atoms with E-state index in [1.807, 2.05) is 13.1 Å². The van der Waals surface area contributed by atoms with E-state index in [1.165, 1.54) is 5.56 Å². The summed E-state index contributed by atoms with van der Waals surface area (Å²) < 4.78 is 5.62. The fourth-order valence-electron chi connectivity index (χ4n) is 1.62. The molecule has 2 rings (SSSR count). The number of hydrogen-bond acceptors (Lipinski definition) is 4. The van der Waals surface area contributed by atoms with Crippen LogP contribution >= 0.6 is 0 Å². The van der Waals surface area contributed by atoms with Crippen molar-refractivity contribution in [1.29, 1.82) is 0 Å². The van der Waals surface area contributed by atoms with Gasteiger partial charge in [-0.25, -0.2) is 9.97 Å². The summed E-state index contributed by atoms with van der Waals surface area (Å²) in [6.07, 6.45) is 4.63. The quantitative estimate of drug-likeness (QED) is 0.734. The Morgan fingerprint density at radius 1 is 1.64 bits per heavy atom. The maximum atomic E-state index is 5.62. The van der Waals surface area contributed by atoms with Crippen LogP contribution in [0.25, 0.3) is 0 Å². The predicted octanol–water partition coefficient (Wildman–Crippen LogP) is 0.316. The second-order valence-electron chi connectivity index (χ2n) is 3.53. The normalized spacial score (nSPS) is 22.2. The highest BCUT2D eigenvalue weighted by molar-refractivity contribution is 5.15. The van der Waals surface area contributed by atoms with Gasteiger partial charge >= 0.3 is 0 Å².